The van der Waals surface area contributed by atoms with Crippen LogP contribution in [0, 0.1) is 19.8 Å². The number of methoxy groups -OCH3 is 1. The molecule has 0 spiro atoms. The van der Waals surface area contributed by atoms with Crippen LogP contribution in [0.1, 0.15) is 30.0 Å². The predicted molar refractivity (Wildman–Crippen MR) is 117 cm³/mol. The molecule has 0 bridgehead atoms. The summed E-state index contributed by atoms with van der Waals surface area (Å²) < 4.78 is 10.5. The van der Waals surface area contributed by atoms with Crippen molar-refractivity contribution < 1.29 is 23.9 Å². The molecule has 2 aromatic rings. The summed E-state index contributed by atoms with van der Waals surface area (Å²) in [5.41, 5.74) is 3.80. The topological polar surface area (TPSA) is 84.9 Å². The SMILES string of the molecule is COc1ccc(CNC(=O)[C@@H](C)OC(=O)[C@H]2CC(=O)N(c3cccc(C)c3C)C2)cc1. The molecule has 0 aromatic heterocycles. The maximum atomic E-state index is 12.6. The molecular formula is C24H28N2O5. The van der Waals surface area contributed by atoms with Crippen molar-refractivity contribution in [3.05, 3.63) is 59.2 Å². The van der Waals surface area contributed by atoms with Gasteiger partial charge in [-0.1, -0.05) is 24.3 Å². The van der Waals surface area contributed by atoms with Gasteiger partial charge in [-0.05, 0) is 55.7 Å². The molecule has 7 nitrogen and oxygen atoms in total. The van der Waals surface area contributed by atoms with E-state index in [0.717, 1.165) is 28.1 Å². The Morgan fingerprint density at radius 1 is 1.16 bits per heavy atom. The molecule has 1 N–H and O–H groups in total. The van der Waals surface area contributed by atoms with Gasteiger partial charge in [-0.2, -0.15) is 0 Å². The van der Waals surface area contributed by atoms with Crippen LogP contribution in [0.5, 0.6) is 5.75 Å². The van der Waals surface area contributed by atoms with Crippen molar-refractivity contribution in [3.63, 3.8) is 0 Å². The van der Waals surface area contributed by atoms with Crippen LogP contribution >= 0.6 is 0 Å². The number of rotatable bonds is 7. The highest BCUT2D eigenvalue weighted by atomic mass is 16.5. The third-order valence-corrected chi connectivity index (χ3v) is 5.61. The molecular weight excluding hydrogens is 396 g/mol. The third kappa shape index (κ3) is 5.23. The highest BCUT2D eigenvalue weighted by molar-refractivity contribution is 6.00. The first-order chi connectivity index (χ1) is 14.8. The molecule has 0 radical (unpaired) electrons. The van der Waals surface area contributed by atoms with E-state index in [-0.39, 0.29) is 24.8 Å². The molecule has 2 atom stereocenters. The number of esters is 1. The number of amides is 2. The van der Waals surface area contributed by atoms with Crippen molar-refractivity contribution in [2.45, 2.75) is 39.8 Å². The molecule has 7 heteroatoms. The van der Waals surface area contributed by atoms with Crippen molar-refractivity contribution in [1.82, 2.24) is 5.32 Å². The Morgan fingerprint density at radius 3 is 2.55 bits per heavy atom. The molecule has 3 rings (SSSR count). The smallest absolute Gasteiger partial charge is 0.312 e. The molecule has 1 aliphatic rings. The highest BCUT2D eigenvalue weighted by Crippen LogP contribution is 2.30. The van der Waals surface area contributed by atoms with Crippen LogP contribution in [0.3, 0.4) is 0 Å². The molecule has 0 saturated carbocycles. The fourth-order valence-corrected chi connectivity index (χ4v) is 3.53. The van der Waals surface area contributed by atoms with E-state index in [1.807, 2.05) is 56.3 Å². The van der Waals surface area contributed by atoms with E-state index in [2.05, 4.69) is 5.32 Å². The Hall–Kier alpha value is -3.35. The Bertz CT molecular complexity index is 970. The minimum absolute atomic E-state index is 0.0758. The zero-order valence-corrected chi connectivity index (χ0v) is 18.3. The maximum Gasteiger partial charge on any atom is 0.312 e. The normalized spacial score (nSPS) is 16.7. The maximum absolute atomic E-state index is 12.6. The lowest BCUT2D eigenvalue weighted by Gasteiger charge is -2.20. The van der Waals surface area contributed by atoms with Gasteiger partial charge in [0.25, 0.3) is 5.91 Å². The second kappa shape index (κ2) is 9.64. The zero-order chi connectivity index (χ0) is 22.5. The largest absolute Gasteiger partial charge is 0.497 e. The van der Waals surface area contributed by atoms with E-state index in [9.17, 15) is 14.4 Å². The summed E-state index contributed by atoms with van der Waals surface area (Å²) in [5, 5.41) is 2.75. The molecule has 1 heterocycles. The molecule has 2 aromatic carbocycles. The fraction of sp³-hybridized carbons (Fsp3) is 0.375. The van der Waals surface area contributed by atoms with E-state index < -0.39 is 18.0 Å². The van der Waals surface area contributed by atoms with Gasteiger partial charge in [0.2, 0.25) is 5.91 Å². The number of nitrogens with zero attached hydrogens (tertiary/aromatic N) is 1. The van der Waals surface area contributed by atoms with Crippen molar-refractivity contribution in [3.8, 4) is 5.75 Å². The van der Waals surface area contributed by atoms with E-state index in [1.165, 1.54) is 6.92 Å². The summed E-state index contributed by atoms with van der Waals surface area (Å²) in [4.78, 5) is 39.1. The Kier molecular flexibility index (Phi) is 6.95. The van der Waals surface area contributed by atoms with Crippen LogP contribution in [0.15, 0.2) is 42.5 Å². The minimum atomic E-state index is -0.949. The highest BCUT2D eigenvalue weighted by Gasteiger charge is 2.37. The number of carbonyl (C=O) groups excluding carboxylic acids is 3. The van der Waals surface area contributed by atoms with Crippen LogP contribution in [0.4, 0.5) is 5.69 Å². The second-order valence-electron chi connectivity index (χ2n) is 7.77. The summed E-state index contributed by atoms with van der Waals surface area (Å²) in [6, 6.07) is 13.1. The van der Waals surface area contributed by atoms with Gasteiger partial charge < -0.3 is 19.7 Å². The summed E-state index contributed by atoms with van der Waals surface area (Å²) >= 11 is 0. The Labute approximate surface area is 182 Å². The van der Waals surface area contributed by atoms with E-state index in [1.54, 1.807) is 12.0 Å². The number of ether oxygens (including phenoxy) is 2. The molecule has 0 aliphatic carbocycles. The predicted octanol–water partition coefficient (Wildman–Crippen LogP) is 2.91. The van der Waals surface area contributed by atoms with E-state index in [4.69, 9.17) is 9.47 Å². The lowest BCUT2D eigenvalue weighted by Crippen LogP contribution is -2.37. The zero-order valence-electron chi connectivity index (χ0n) is 18.3. The van der Waals surface area contributed by atoms with Gasteiger partial charge in [-0.15, -0.1) is 0 Å². The lowest BCUT2D eigenvalue weighted by atomic mass is 10.1. The first-order valence-electron chi connectivity index (χ1n) is 10.3. The summed E-state index contributed by atoms with van der Waals surface area (Å²) in [7, 11) is 1.59. The Balaban J connectivity index is 1.53. The Morgan fingerprint density at radius 2 is 1.87 bits per heavy atom. The summed E-state index contributed by atoms with van der Waals surface area (Å²) in [5.74, 6) is -0.900. The molecule has 1 aliphatic heterocycles. The lowest BCUT2D eigenvalue weighted by molar-refractivity contribution is -0.158. The number of benzene rings is 2. The van der Waals surface area contributed by atoms with Gasteiger partial charge in [0.05, 0.1) is 13.0 Å². The average Bonchev–Trinajstić information content (AvgIpc) is 3.15. The molecule has 1 fully saturated rings. The molecule has 31 heavy (non-hydrogen) atoms. The minimum Gasteiger partial charge on any atom is -0.497 e. The number of nitrogens with one attached hydrogen (secondary N) is 1. The molecule has 2 amide bonds. The van der Waals surface area contributed by atoms with Crippen LogP contribution in [-0.2, 0) is 25.7 Å². The van der Waals surface area contributed by atoms with Gasteiger partial charge in [0.15, 0.2) is 6.10 Å². The fourth-order valence-electron chi connectivity index (χ4n) is 3.53. The van der Waals surface area contributed by atoms with Crippen molar-refractivity contribution in [2.24, 2.45) is 5.92 Å². The van der Waals surface area contributed by atoms with Crippen molar-refractivity contribution in [1.29, 1.82) is 0 Å². The summed E-state index contributed by atoms with van der Waals surface area (Å²) in [6.45, 7) is 6.03. The number of aryl methyl sites for hydroxylation is 1. The van der Waals surface area contributed by atoms with Gasteiger partial charge in [-0.3, -0.25) is 14.4 Å². The van der Waals surface area contributed by atoms with Gasteiger partial charge in [-0.25, -0.2) is 0 Å². The number of carbonyl (C=O) groups is 3. The van der Waals surface area contributed by atoms with Crippen LogP contribution in [0.2, 0.25) is 0 Å². The molecule has 0 unspecified atom stereocenters. The number of hydrogen-bond acceptors (Lipinski definition) is 5. The van der Waals surface area contributed by atoms with Crippen LogP contribution < -0.4 is 15.0 Å². The molecule has 1 saturated heterocycles. The van der Waals surface area contributed by atoms with E-state index >= 15 is 0 Å². The monoisotopic (exact) mass is 424 g/mol. The van der Waals surface area contributed by atoms with Gasteiger partial charge >= 0.3 is 5.97 Å². The quantitative estimate of drug-likeness (QED) is 0.691. The number of hydrogen-bond donors (Lipinski definition) is 1. The van der Waals surface area contributed by atoms with Crippen LogP contribution in [-0.4, -0.2) is 37.5 Å². The average molecular weight is 424 g/mol. The van der Waals surface area contributed by atoms with Crippen LogP contribution in [0.25, 0.3) is 0 Å². The van der Waals surface area contributed by atoms with E-state index in [0.29, 0.717) is 6.54 Å². The van der Waals surface area contributed by atoms with Crippen molar-refractivity contribution >= 4 is 23.5 Å². The molecule has 164 valence electrons. The van der Waals surface area contributed by atoms with Crippen molar-refractivity contribution in [2.75, 3.05) is 18.6 Å². The first kappa shape index (κ1) is 22.3. The van der Waals surface area contributed by atoms with Gasteiger partial charge in [0, 0.05) is 25.2 Å². The summed E-state index contributed by atoms with van der Waals surface area (Å²) in [6.07, 6.45) is -0.873. The second-order valence-corrected chi connectivity index (χ2v) is 7.77. The third-order valence-electron chi connectivity index (χ3n) is 5.61. The number of anilines is 1. The first-order valence-corrected chi connectivity index (χ1v) is 10.3. The standard InChI is InChI=1S/C24H28N2O5/c1-15-6-5-7-21(16(15)2)26-14-19(12-22(26)27)24(29)31-17(3)23(28)25-13-18-8-10-20(30-4)11-9-18/h5-11,17,19H,12-14H2,1-4H3,(H,25,28)/t17-,19+/m1/s1. The van der Waals surface area contributed by atoms with Gasteiger partial charge in [0.1, 0.15) is 5.75 Å².